The molecule has 0 unspecified atom stereocenters. The third-order valence-electron chi connectivity index (χ3n) is 3.98. The van der Waals surface area contributed by atoms with Gasteiger partial charge in [-0.15, -0.1) is 0 Å². The highest BCUT2D eigenvalue weighted by atomic mass is 16.5. The normalized spacial score (nSPS) is 14.2. The molecule has 1 aromatic carbocycles. The van der Waals surface area contributed by atoms with E-state index in [-0.39, 0.29) is 0 Å². The summed E-state index contributed by atoms with van der Waals surface area (Å²) < 4.78 is 11.4. The highest BCUT2D eigenvalue weighted by molar-refractivity contribution is 6.27. The van der Waals surface area contributed by atoms with E-state index < -0.39 is 11.9 Å². The molecule has 1 aliphatic rings. The lowest BCUT2D eigenvalue weighted by molar-refractivity contribution is -0.159. The first-order valence-electron chi connectivity index (χ1n) is 8.58. The minimum atomic E-state index is -1.82. The largest absolute Gasteiger partial charge is 0.491 e. The number of hydrogen-bond donors (Lipinski definition) is 3. The fourth-order valence-electron chi connectivity index (χ4n) is 2.32. The van der Waals surface area contributed by atoms with Gasteiger partial charge < -0.3 is 25.0 Å². The Labute approximate surface area is 153 Å². The van der Waals surface area contributed by atoms with Crippen LogP contribution in [-0.2, 0) is 14.3 Å². The number of aryl methyl sites for hydroxylation is 1. The second kappa shape index (κ2) is 12.2. The van der Waals surface area contributed by atoms with Gasteiger partial charge in [-0.3, -0.25) is 4.90 Å². The number of carboxylic acid groups (broad SMARTS) is 2. The molecular formula is C18H28N2O6. The minimum Gasteiger partial charge on any atom is -0.491 e. The molecule has 8 nitrogen and oxygen atoms in total. The highest BCUT2D eigenvalue weighted by Gasteiger charge is 2.08. The Morgan fingerprint density at radius 2 is 1.73 bits per heavy atom. The summed E-state index contributed by atoms with van der Waals surface area (Å²) in [4.78, 5) is 20.6. The number of piperazine rings is 1. The number of hydrogen-bond acceptors (Lipinski definition) is 6. The number of carbonyl (C=O) groups is 2. The summed E-state index contributed by atoms with van der Waals surface area (Å²) in [5.74, 6) is -2.68. The van der Waals surface area contributed by atoms with Crippen LogP contribution in [0.25, 0.3) is 0 Å². The fraction of sp³-hybridized carbons (Fsp3) is 0.556. The third kappa shape index (κ3) is 8.80. The molecule has 146 valence electrons. The molecule has 0 amide bonds. The molecule has 0 aliphatic carbocycles. The number of carboxylic acids is 2. The fourth-order valence-corrected chi connectivity index (χ4v) is 2.32. The lowest BCUT2D eigenvalue weighted by Gasteiger charge is -2.26. The van der Waals surface area contributed by atoms with Crippen molar-refractivity contribution in [2.75, 3.05) is 52.5 Å². The summed E-state index contributed by atoms with van der Waals surface area (Å²) in [6, 6.07) is 6.15. The number of aliphatic carboxylic acids is 2. The lowest BCUT2D eigenvalue weighted by Crippen LogP contribution is -2.44. The van der Waals surface area contributed by atoms with Crippen molar-refractivity contribution in [3.05, 3.63) is 29.3 Å². The van der Waals surface area contributed by atoms with Crippen molar-refractivity contribution in [2.24, 2.45) is 0 Å². The van der Waals surface area contributed by atoms with Gasteiger partial charge in [0, 0.05) is 32.7 Å². The average Bonchev–Trinajstić information content (AvgIpc) is 2.62. The Morgan fingerprint density at radius 1 is 1.08 bits per heavy atom. The summed E-state index contributed by atoms with van der Waals surface area (Å²) in [7, 11) is 0. The molecule has 0 bridgehead atoms. The maximum Gasteiger partial charge on any atom is 0.414 e. The molecular weight excluding hydrogens is 340 g/mol. The molecule has 0 spiro atoms. The van der Waals surface area contributed by atoms with E-state index in [1.54, 1.807) is 0 Å². The maximum atomic E-state index is 9.10. The molecule has 0 radical (unpaired) electrons. The van der Waals surface area contributed by atoms with Gasteiger partial charge in [0.15, 0.2) is 0 Å². The van der Waals surface area contributed by atoms with E-state index in [2.05, 4.69) is 30.1 Å². The van der Waals surface area contributed by atoms with Crippen LogP contribution in [0.3, 0.4) is 0 Å². The van der Waals surface area contributed by atoms with Crippen LogP contribution >= 0.6 is 0 Å². The molecule has 1 aromatic rings. The summed E-state index contributed by atoms with van der Waals surface area (Å²) in [5, 5.41) is 18.1. The first kappa shape index (κ1) is 21.9. The van der Waals surface area contributed by atoms with Gasteiger partial charge in [-0.25, -0.2) is 9.59 Å². The number of nitrogens with one attached hydrogen (secondary N) is 1. The van der Waals surface area contributed by atoms with Gasteiger partial charge >= 0.3 is 11.9 Å². The van der Waals surface area contributed by atoms with Crippen LogP contribution in [0.1, 0.15) is 11.1 Å². The van der Waals surface area contributed by atoms with E-state index in [4.69, 9.17) is 29.3 Å². The zero-order valence-corrected chi connectivity index (χ0v) is 15.4. The summed E-state index contributed by atoms with van der Waals surface area (Å²) in [5.41, 5.74) is 2.48. The molecule has 1 aliphatic heterocycles. The van der Waals surface area contributed by atoms with E-state index in [0.29, 0.717) is 13.2 Å². The van der Waals surface area contributed by atoms with Gasteiger partial charge in [-0.05, 0) is 31.0 Å². The van der Waals surface area contributed by atoms with Gasteiger partial charge in [-0.1, -0.05) is 12.1 Å². The van der Waals surface area contributed by atoms with Crippen molar-refractivity contribution < 1.29 is 29.3 Å². The molecule has 0 aromatic heterocycles. The minimum absolute atomic E-state index is 0.617. The van der Waals surface area contributed by atoms with Crippen molar-refractivity contribution >= 4 is 11.9 Å². The smallest absolute Gasteiger partial charge is 0.414 e. The van der Waals surface area contributed by atoms with E-state index in [9.17, 15) is 0 Å². The molecule has 0 atom stereocenters. The predicted octanol–water partition coefficient (Wildman–Crippen LogP) is 0.760. The lowest BCUT2D eigenvalue weighted by atomic mass is 10.1. The number of rotatable bonds is 7. The Morgan fingerprint density at radius 3 is 2.35 bits per heavy atom. The van der Waals surface area contributed by atoms with Crippen molar-refractivity contribution in [1.29, 1.82) is 0 Å². The molecule has 1 fully saturated rings. The Balaban J connectivity index is 0.000000487. The van der Waals surface area contributed by atoms with Gasteiger partial charge in [0.1, 0.15) is 12.4 Å². The summed E-state index contributed by atoms with van der Waals surface area (Å²) in [6.45, 7) is 11.7. The topological polar surface area (TPSA) is 108 Å². The van der Waals surface area contributed by atoms with Gasteiger partial charge in [0.05, 0.1) is 13.2 Å². The molecule has 1 saturated heterocycles. The Bertz CT molecular complexity index is 561. The van der Waals surface area contributed by atoms with Crippen molar-refractivity contribution in [1.82, 2.24) is 10.2 Å². The summed E-state index contributed by atoms with van der Waals surface area (Å²) in [6.07, 6.45) is 0. The first-order valence-corrected chi connectivity index (χ1v) is 8.58. The third-order valence-corrected chi connectivity index (χ3v) is 3.98. The van der Waals surface area contributed by atoms with Gasteiger partial charge in [-0.2, -0.15) is 0 Å². The zero-order valence-electron chi connectivity index (χ0n) is 15.4. The van der Waals surface area contributed by atoms with Crippen LogP contribution in [0, 0.1) is 13.8 Å². The quantitative estimate of drug-likeness (QED) is 0.478. The SMILES string of the molecule is Cc1cccc(OCCOCCN2CCNCC2)c1C.O=C(O)C(=O)O. The van der Waals surface area contributed by atoms with Crippen LogP contribution in [0.4, 0.5) is 0 Å². The molecule has 8 heteroatoms. The second-order valence-corrected chi connectivity index (χ2v) is 5.86. The van der Waals surface area contributed by atoms with Crippen molar-refractivity contribution in [3.8, 4) is 5.75 Å². The van der Waals surface area contributed by atoms with Crippen LogP contribution in [0.2, 0.25) is 0 Å². The van der Waals surface area contributed by atoms with E-state index >= 15 is 0 Å². The van der Waals surface area contributed by atoms with E-state index in [1.807, 2.05) is 12.1 Å². The number of ether oxygens (including phenoxy) is 2. The summed E-state index contributed by atoms with van der Waals surface area (Å²) >= 11 is 0. The first-order chi connectivity index (χ1) is 12.4. The standard InChI is InChI=1S/C16H26N2O2.C2H2O4/c1-14-4-3-5-16(15(14)2)20-13-12-19-11-10-18-8-6-17-7-9-18;3-1(4)2(5)6/h3-5,17H,6-13H2,1-2H3;(H,3,4)(H,5,6). The zero-order chi connectivity index (χ0) is 19.4. The van der Waals surface area contributed by atoms with Crippen molar-refractivity contribution in [2.45, 2.75) is 13.8 Å². The van der Waals surface area contributed by atoms with Gasteiger partial charge in [0.25, 0.3) is 0 Å². The van der Waals surface area contributed by atoms with Crippen molar-refractivity contribution in [3.63, 3.8) is 0 Å². The Hall–Kier alpha value is -2.16. The maximum absolute atomic E-state index is 9.10. The predicted molar refractivity (Wildman–Crippen MR) is 96.8 cm³/mol. The van der Waals surface area contributed by atoms with Crippen LogP contribution < -0.4 is 10.1 Å². The van der Waals surface area contributed by atoms with E-state index in [0.717, 1.165) is 45.1 Å². The number of benzene rings is 1. The monoisotopic (exact) mass is 368 g/mol. The molecule has 0 saturated carbocycles. The Kier molecular flexibility index (Phi) is 10.3. The molecule has 3 N–H and O–H groups in total. The molecule has 2 rings (SSSR count). The highest BCUT2D eigenvalue weighted by Crippen LogP contribution is 2.20. The van der Waals surface area contributed by atoms with Crippen LogP contribution in [-0.4, -0.2) is 79.6 Å². The van der Waals surface area contributed by atoms with E-state index in [1.165, 1.54) is 11.1 Å². The van der Waals surface area contributed by atoms with Crippen LogP contribution in [0.15, 0.2) is 18.2 Å². The second-order valence-electron chi connectivity index (χ2n) is 5.86. The number of nitrogens with zero attached hydrogens (tertiary/aromatic N) is 1. The molecule has 26 heavy (non-hydrogen) atoms. The van der Waals surface area contributed by atoms with Crippen LogP contribution in [0.5, 0.6) is 5.75 Å². The average molecular weight is 368 g/mol. The van der Waals surface area contributed by atoms with Gasteiger partial charge in [0.2, 0.25) is 0 Å². The molecule has 1 heterocycles.